The van der Waals surface area contributed by atoms with Crippen LogP contribution in [0.2, 0.25) is 0 Å². The van der Waals surface area contributed by atoms with E-state index < -0.39 is 40.2 Å². The summed E-state index contributed by atoms with van der Waals surface area (Å²) in [5.41, 5.74) is 2.07. The predicted octanol–water partition coefficient (Wildman–Crippen LogP) is 3.68. The van der Waals surface area contributed by atoms with Crippen molar-refractivity contribution in [3.63, 3.8) is 0 Å². The van der Waals surface area contributed by atoms with Gasteiger partial charge in [0.2, 0.25) is 21.8 Å². The lowest BCUT2D eigenvalue weighted by molar-refractivity contribution is -0.140. The minimum atomic E-state index is -3.85. The smallest absolute Gasteiger partial charge is 0.244 e. The third-order valence-corrected chi connectivity index (χ3v) is 7.11. The first-order valence-corrected chi connectivity index (χ1v) is 13.8. The highest BCUT2D eigenvalue weighted by molar-refractivity contribution is 7.92. The van der Waals surface area contributed by atoms with E-state index in [1.54, 1.807) is 56.3 Å². The van der Waals surface area contributed by atoms with Crippen molar-refractivity contribution in [1.29, 1.82) is 0 Å². The first kappa shape index (κ1) is 27.9. The average Bonchev–Trinajstić information content (AvgIpc) is 2.86. The van der Waals surface area contributed by atoms with Gasteiger partial charge in [-0.05, 0) is 37.1 Å². The van der Waals surface area contributed by atoms with E-state index >= 15 is 0 Å². The summed E-state index contributed by atoms with van der Waals surface area (Å²) in [4.78, 5) is 28.4. The second-order valence-corrected chi connectivity index (χ2v) is 10.7. The Morgan fingerprint density at radius 3 is 2.19 bits per heavy atom. The molecule has 196 valence electrons. The number of nitrogens with one attached hydrogen (secondary N) is 1. The number of anilines is 1. The second-order valence-electron chi connectivity index (χ2n) is 8.77. The molecular formula is C28H32FN3O4S. The van der Waals surface area contributed by atoms with Crippen LogP contribution in [0.1, 0.15) is 23.6 Å². The number of nitrogens with zero attached hydrogens (tertiary/aromatic N) is 2. The number of sulfonamides is 1. The number of carbonyl (C=O) groups excluding carboxylic acids is 2. The summed E-state index contributed by atoms with van der Waals surface area (Å²) < 4.78 is 41.2. The fourth-order valence-corrected chi connectivity index (χ4v) is 5.00. The van der Waals surface area contributed by atoms with Crippen molar-refractivity contribution in [2.75, 3.05) is 23.7 Å². The van der Waals surface area contributed by atoms with Gasteiger partial charge in [0.25, 0.3) is 0 Å². The molecule has 1 N–H and O–H groups in total. The van der Waals surface area contributed by atoms with E-state index in [2.05, 4.69) is 5.32 Å². The molecule has 1 atom stereocenters. The van der Waals surface area contributed by atoms with Crippen molar-refractivity contribution >= 4 is 27.5 Å². The maximum absolute atomic E-state index is 14.7. The molecule has 0 saturated heterocycles. The largest absolute Gasteiger partial charge is 0.355 e. The SMILES string of the molecule is CCNC(=O)[C@H](Cc1ccccc1)N(Cc1ccccc1F)C(=O)CN(c1ccccc1C)S(C)(=O)=O. The van der Waals surface area contributed by atoms with Gasteiger partial charge in [0.05, 0.1) is 11.9 Å². The molecule has 2 amide bonds. The third kappa shape index (κ3) is 7.39. The monoisotopic (exact) mass is 525 g/mol. The fourth-order valence-electron chi connectivity index (χ4n) is 4.09. The van der Waals surface area contributed by atoms with E-state index in [4.69, 9.17) is 0 Å². The van der Waals surface area contributed by atoms with Crippen LogP contribution >= 0.6 is 0 Å². The molecule has 3 rings (SSSR count). The molecule has 0 heterocycles. The molecule has 7 nitrogen and oxygen atoms in total. The fraction of sp³-hybridized carbons (Fsp3) is 0.286. The van der Waals surface area contributed by atoms with Gasteiger partial charge in [-0.2, -0.15) is 0 Å². The molecule has 0 bridgehead atoms. The molecule has 0 unspecified atom stereocenters. The van der Waals surface area contributed by atoms with Gasteiger partial charge in [-0.25, -0.2) is 12.8 Å². The van der Waals surface area contributed by atoms with Crippen LogP contribution in [0.4, 0.5) is 10.1 Å². The summed E-state index contributed by atoms with van der Waals surface area (Å²) in [6.07, 6.45) is 1.20. The normalized spacial score (nSPS) is 12.0. The highest BCUT2D eigenvalue weighted by Gasteiger charge is 2.33. The summed E-state index contributed by atoms with van der Waals surface area (Å²) in [5, 5.41) is 2.77. The minimum Gasteiger partial charge on any atom is -0.355 e. The number of rotatable bonds is 11. The Morgan fingerprint density at radius 2 is 1.57 bits per heavy atom. The summed E-state index contributed by atoms with van der Waals surface area (Å²) in [6.45, 7) is 3.12. The quantitative estimate of drug-likeness (QED) is 0.414. The molecule has 0 aliphatic rings. The van der Waals surface area contributed by atoms with Crippen molar-refractivity contribution < 1.29 is 22.4 Å². The Kier molecular flexibility index (Phi) is 9.41. The highest BCUT2D eigenvalue weighted by Crippen LogP contribution is 2.23. The molecule has 0 aromatic heterocycles. The standard InChI is InChI=1S/C28H32FN3O4S/c1-4-30-28(34)26(18-22-13-6-5-7-14-22)31(19-23-15-9-10-16-24(23)29)27(33)20-32(37(3,35)36)25-17-11-8-12-21(25)2/h5-17,26H,4,18-20H2,1-3H3,(H,30,34)/t26-/m0/s1. The van der Waals surface area contributed by atoms with Crippen molar-refractivity contribution in [3.05, 3.63) is 101 Å². The number of amides is 2. The van der Waals surface area contributed by atoms with E-state index in [-0.39, 0.29) is 18.5 Å². The van der Waals surface area contributed by atoms with Gasteiger partial charge in [0.1, 0.15) is 18.4 Å². The molecule has 0 radical (unpaired) electrons. The maximum Gasteiger partial charge on any atom is 0.244 e. The molecule has 0 spiro atoms. The van der Waals surface area contributed by atoms with Crippen LogP contribution < -0.4 is 9.62 Å². The average molecular weight is 526 g/mol. The van der Waals surface area contributed by atoms with Crippen LogP contribution in [0.5, 0.6) is 0 Å². The van der Waals surface area contributed by atoms with E-state index in [1.165, 1.54) is 11.0 Å². The van der Waals surface area contributed by atoms with E-state index in [9.17, 15) is 22.4 Å². The van der Waals surface area contributed by atoms with Gasteiger partial charge in [-0.3, -0.25) is 13.9 Å². The van der Waals surface area contributed by atoms with Gasteiger partial charge in [-0.15, -0.1) is 0 Å². The minimum absolute atomic E-state index is 0.177. The third-order valence-electron chi connectivity index (χ3n) is 5.98. The number of benzene rings is 3. The number of likely N-dealkylation sites (N-methyl/N-ethyl adjacent to an activating group) is 1. The molecule has 3 aromatic carbocycles. The summed E-state index contributed by atoms with van der Waals surface area (Å²) in [7, 11) is -3.85. The Labute approximate surface area is 218 Å². The number of hydrogen-bond donors (Lipinski definition) is 1. The lowest BCUT2D eigenvalue weighted by Gasteiger charge is -2.33. The number of para-hydroxylation sites is 1. The number of halogens is 1. The second kappa shape index (κ2) is 12.5. The van der Waals surface area contributed by atoms with Crippen molar-refractivity contribution in [3.8, 4) is 0 Å². The number of carbonyl (C=O) groups is 2. The first-order chi connectivity index (χ1) is 17.6. The van der Waals surface area contributed by atoms with Gasteiger partial charge in [0, 0.05) is 25.1 Å². The van der Waals surface area contributed by atoms with Crippen LogP contribution in [0, 0.1) is 12.7 Å². The lowest BCUT2D eigenvalue weighted by Crippen LogP contribution is -2.53. The van der Waals surface area contributed by atoms with Crippen molar-refractivity contribution in [2.45, 2.75) is 32.9 Å². The topological polar surface area (TPSA) is 86.8 Å². The maximum atomic E-state index is 14.7. The zero-order valence-electron chi connectivity index (χ0n) is 21.2. The molecule has 0 fully saturated rings. The number of hydrogen-bond acceptors (Lipinski definition) is 4. The van der Waals surface area contributed by atoms with Crippen LogP contribution in [-0.4, -0.2) is 50.5 Å². The molecule has 9 heteroatoms. The Morgan fingerprint density at radius 1 is 0.946 bits per heavy atom. The molecule has 0 aliphatic heterocycles. The van der Waals surface area contributed by atoms with Gasteiger partial charge < -0.3 is 10.2 Å². The Hall–Kier alpha value is -3.72. The lowest BCUT2D eigenvalue weighted by atomic mass is 10.0. The summed E-state index contributed by atoms with van der Waals surface area (Å²) >= 11 is 0. The van der Waals surface area contributed by atoms with Gasteiger partial charge in [-0.1, -0.05) is 66.7 Å². The van der Waals surface area contributed by atoms with E-state index in [1.807, 2.05) is 30.3 Å². The van der Waals surface area contributed by atoms with Crippen LogP contribution in [0.15, 0.2) is 78.9 Å². The van der Waals surface area contributed by atoms with Gasteiger partial charge in [0.15, 0.2) is 0 Å². The molecular weight excluding hydrogens is 493 g/mol. The van der Waals surface area contributed by atoms with Crippen LogP contribution in [0.3, 0.4) is 0 Å². The zero-order chi connectivity index (χ0) is 27.0. The highest BCUT2D eigenvalue weighted by atomic mass is 32.2. The van der Waals surface area contributed by atoms with Crippen LogP contribution in [0.25, 0.3) is 0 Å². The van der Waals surface area contributed by atoms with E-state index in [0.29, 0.717) is 17.8 Å². The summed E-state index contributed by atoms with van der Waals surface area (Å²) in [5.74, 6) is -1.55. The Bertz CT molecular complexity index is 1330. The van der Waals surface area contributed by atoms with Crippen molar-refractivity contribution in [1.82, 2.24) is 10.2 Å². The summed E-state index contributed by atoms with van der Waals surface area (Å²) in [6, 6.07) is 21.1. The first-order valence-electron chi connectivity index (χ1n) is 12.0. The Balaban J connectivity index is 2.06. The zero-order valence-corrected chi connectivity index (χ0v) is 22.0. The van der Waals surface area contributed by atoms with E-state index in [0.717, 1.165) is 16.1 Å². The predicted molar refractivity (Wildman–Crippen MR) is 143 cm³/mol. The van der Waals surface area contributed by atoms with Crippen molar-refractivity contribution in [2.24, 2.45) is 0 Å². The van der Waals surface area contributed by atoms with Gasteiger partial charge >= 0.3 is 0 Å². The molecule has 0 aliphatic carbocycles. The molecule has 37 heavy (non-hydrogen) atoms. The number of aryl methyl sites for hydroxylation is 1. The molecule has 3 aromatic rings. The van der Waals surface area contributed by atoms with Crippen LogP contribution in [-0.2, 0) is 32.6 Å². The molecule has 0 saturated carbocycles.